The highest BCUT2D eigenvalue weighted by Gasteiger charge is 2.32. The monoisotopic (exact) mass is 475 g/mol. The summed E-state index contributed by atoms with van der Waals surface area (Å²) in [5, 5.41) is 5.00. The molecule has 0 N–H and O–H groups in total. The molecule has 0 radical (unpaired) electrons. The first kappa shape index (κ1) is 23.5. The van der Waals surface area contributed by atoms with Gasteiger partial charge in [0.2, 0.25) is 0 Å². The van der Waals surface area contributed by atoms with Gasteiger partial charge in [-0.1, -0.05) is 25.1 Å². The molecule has 8 nitrogen and oxygen atoms in total. The molecule has 3 heterocycles. The second kappa shape index (κ2) is 11.0. The van der Waals surface area contributed by atoms with E-state index in [-0.39, 0.29) is 6.03 Å². The molecule has 0 saturated carbocycles. The third-order valence-electron chi connectivity index (χ3n) is 6.72. The van der Waals surface area contributed by atoms with Gasteiger partial charge in [0.05, 0.1) is 36.7 Å². The minimum atomic E-state index is 0.0295. The van der Waals surface area contributed by atoms with Gasteiger partial charge >= 0.3 is 6.03 Å². The molecule has 0 atom stereocenters. The molecule has 5 rings (SSSR count). The first-order valence-corrected chi connectivity index (χ1v) is 12.6. The molecule has 35 heavy (non-hydrogen) atoms. The van der Waals surface area contributed by atoms with Crippen LogP contribution in [-0.2, 0) is 4.74 Å². The van der Waals surface area contributed by atoms with Crippen molar-refractivity contribution in [1.82, 2.24) is 19.9 Å². The van der Waals surface area contributed by atoms with Crippen molar-refractivity contribution in [3.8, 4) is 5.75 Å². The van der Waals surface area contributed by atoms with E-state index in [4.69, 9.17) is 9.47 Å². The number of carbonyl (C=O) groups is 1. The lowest BCUT2D eigenvalue weighted by atomic mass is 9.91. The number of rotatable bonds is 6. The fraction of sp³-hybridized carbons (Fsp3) is 0.444. The molecule has 2 amide bonds. The van der Waals surface area contributed by atoms with Gasteiger partial charge < -0.3 is 14.4 Å². The number of benzene rings is 2. The molecular weight excluding hydrogens is 442 g/mol. The maximum absolute atomic E-state index is 13.7. The largest absolute Gasteiger partial charge is 0.494 e. The minimum Gasteiger partial charge on any atom is -0.494 e. The number of carbonyl (C=O) groups excluding carboxylic acids is 1. The maximum atomic E-state index is 13.7. The topological polar surface area (TPSA) is 71.0 Å². The Labute approximate surface area is 206 Å². The lowest BCUT2D eigenvalue weighted by Gasteiger charge is -2.41. The Balaban J connectivity index is 1.30. The Morgan fingerprint density at radius 1 is 1.06 bits per heavy atom. The van der Waals surface area contributed by atoms with E-state index in [2.05, 4.69) is 28.0 Å². The molecule has 184 valence electrons. The number of ether oxygens (including phenoxy) is 2. The summed E-state index contributed by atoms with van der Waals surface area (Å²) in [4.78, 5) is 24.8. The summed E-state index contributed by atoms with van der Waals surface area (Å²) in [6, 6.07) is 16.0. The molecule has 3 aromatic rings. The van der Waals surface area contributed by atoms with Gasteiger partial charge in [-0.2, -0.15) is 0 Å². The fourth-order valence-electron chi connectivity index (χ4n) is 4.89. The van der Waals surface area contributed by atoms with Crippen molar-refractivity contribution in [2.75, 3.05) is 51.0 Å². The number of nitrogens with zero attached hydrogens (tertiary/aromatic N) is 5. The van der Waals surface area contributed by atoms with Crippen LogP contribution in [0.2, 0.25) is 0 Å². The van der Waals surface area contributed by atoms with Gasteiger partial charge in [-0.05, 0) is 43.5 Å². The van der Waals surface area contributed by atoms with E-state index in [1.165, 1.54) is 0 Å². The van der Waals surface area contributed by atoms with Crippen molar-refractivity contribution in [3.05, 3.63) is 60.6 Å². The zero-order chi connectivity index (χ0) is 24.0. The highest BCUT2D eigenvalue weighted by atomic mass is 16.5. The molecule has 2 fully saturated rings. The zero-order valence-electron chi connectivity index (χ0n) is 20.3. The molecule has 2 aromatic carbocycles. The Bertz CT molecular complexity index is 1130. The van der Waals surface area contributed by atoms with E-state index in [0.717, 1.165) is 47.3 Å². The number of para-hydroxylation sites is 1. The smallest absolute Gasteiger partial charge is 0.339 e. The SMILES string of the molecule is CCCOc1ccc2c(C3CCN(C(=O)N(c4ccccc4)N4CCOCC4)CC3)ncnc2c1. The van der Waals surface area contributed by atoms with Gasteiger partial charge in [0.25, 0.3) is 0 Å². The highest BCUT2D eigenvalue weighted by molar-refractivity contribution is 5.91. The van der Waals surface area contributed by atoms with Crippen LogP contribution in [0.3, 0.4) is 0 Å². The van der Waals surface area contributed by atoms with Crippen LogP contribution in [0.1, 0.15) is 37.8 Å². The van der Waals surface area contributed by atoms with Crippen molar-refractivity contribution >= 4 is 22.6 Å². The van der Waals surface area contributed by atoms with Crippen LogP contribution in [0.5, 0.6) is 5.75 Å². The summed E-state index contributed by atoms with van der Waals surface area (Å²) in [6.07, 6.45) is 4.36. The number of hydrogen-bond acceptors (Lipinski definition) is 6. The number of anilines is 1. The first-order valence-electron chi connectivity index (χ1n) is 12.6. The van der Waals surface area contributed by atoms with Gasteiger partial charge in [-0.25, -0.2) is 24.8 Å². The molecular formula is C27H33N5O3. The van der Waals surface area contributed by atoms with Crippen LogP contribution in [0.15, 0.2) is 54.9 Å². The molecule has 0 unspecified atom stereocenters. The van der Waals surface area contributed by atoms with Crippen LogP contribution in [0, 0.1) is 0 Å². The highest BCUT2D eigenvalue weighted by Crippen LogP contribution is 2.33. The summed E-state index contributed by atoms with van der Waals surface area (Å²) in [5.41, 5.74) is 2.87. The summed E-state index contributed by atoms with van der Waals surface area (Å²) >= 11 is 0. The van der Waals surface area contributed by atoms with E-state index >= 15 is 0 Å². The third-order valence-corrected chi connectivity index (χ3v) is 6.72. The lowest BCUT2D eigenvalue weighted by Crippen LogP contribution is -2.57. The van der Waals surface area contributed by atoms with Crippen LogP contribution < -0.4 is 9.75 Å². The number of hydrazine groups is 1. The van der Waals surface area contributed by atoms with E-state index in [0.29, 0.717) is 51.9 Å². The fourth-order valence-corrected chi connectivity index (χ4v) is 4.89. The molecule has 2 saturated heterocycles. The van der Waals surface area contributed by atoms with Gasteiger partial charge in [0.15, 0.2) is 0 Å². The van der Waals surface area contributed by atoms with Crippen LogP contribution >= 0.6 is 0 Å². The molecule has 0 bridgehead atoms. The minimum absolute atomic E-state index is 0.0295. The van der Waals surface area contributed by atoms with Crippen molar-refractivity contribution in [2.45, 2.75) is 32.1 Å². The predicted molar refractivity (Wildman–Crippen MR) is 136 cm³/mol. The second-order valence-electron chi connectivity index (χ2n) is 9.04. The number of fused-ring (bicyclic) bond motifs is 1. The van der Waals surface area contributed by atoms with Crippen molar-refractivity contribution < 1.29 is 14.3 Å². The lowest BCUT2D eigenvalue weighted by molar-refractivity contribution is 0.0329. The standard InChI is InChI=1S/C27H33N5O3/c1-2-16-35-23-8-9-24-25(19-23)28-20-29-26(24)21-10-12-30(13-11-21)27(33)32(22-6-4-3-5-7-22)31-14-17-34-18-15-31/h3-9,19-21H,2,10-18H2,1H3. The molecule has 1 aromatic heterocycles. The number of piperidine rings is 1. The summed E-state index contributed by atoms with van der Waals surface area (Å²) in [6.45, 7) is 6.84. The molecule has 0 aliphatic carbocycles. The van der Waals surface area contributed by atoms with Gasteiger partial charge in [-0.3, -0.25) is 0 Å². The third kappa shape index (κ3) is 5.23. The average Bonchev–Trinajstić information content (AvgIpc) is 2.93. The number of hydrogen-bond donors (Lipinski definition) is 0. The summed E-state index contributed by atoms with van der Waals surface area (Å²) < 4.78 is 11.3. The number of morpholine rings is 1. The van der Waals surface area contributed by atoms with Gasteiger partial charge in [-0.15, -0.1) is 0 Å². The van der Waals surface area contributed by atoms with Crippen LogP contribution in [0.4, 0.5) is 10.5 Å². The first-order chi connectivity index (χ1) is 17.2. The molecule has 0 spiro atoms. The number of likely N-dealkylation sites (tertiary alicyclic amines) is 1. The Hall–Kier alpha value is -3.23. The van der Waals surface area contributed by atoms with E-state index < -0.39 is 0 Å². The van der Waals surface area contributed by atoms with Gasteiger partial charge in [0, 0.05) is 43.5 Å². The van der Waals surface area contributed by atoms with Crippen molar-refractivity contribution in [1.29, 1.82) is 0 Å². The van der Waals surface area contributed by atoms with E-state index in [1.54, 1.807) is 6.33 Å². The number of aromatic nitrogens is 2. The summed E-state index contributed by atoms with van der Waals surface area (Å²) in [5.74, 6) is 1.13. The maximum Gasteiger partial charge on any atom is 0.339 e. The molecule has 2 aliphatic rings. The Kier molecular flexibility index (Phi) is 7.39. The normalized spacial score (nSPS) is 17.5. The Morgan fingerprint density at radius 2 is 1.83 bits per heavy atom. The quantitative estimate of drug-likeness (QED) is 0.524. The van der Waals surface area contributed by atoms with Crippen molar-refractivity contribution in [3.63, 3.8) is 0 Å². The number of urea groups is 1. The second-order valence-corrected chi connectivity index (χ2v) is 9.04. The predicted octanol–water partition coefficient (Wildman–Crippen LogP) is 4.47. The molecule has 2 aliphatic heterocycles. The Morgan fingerprint density at radius 3 is 2.57 bits per heavy atom. The van der Waals surface area contributed by atoms with Crippen molar-refractivity contribution in [2.24, 2.45) is 0 Å². The average molecular weight is 476 g/mol. The van der Waals surface area contributed by atoms with E-state index in [1.807, 2.05) is 52.4 Å². The van der Waals surface area contributed by atoms with E-state index in [9.17, 15) is 4.79 Å². The van der Waals surface area contributed by atoms with Crippen LogP contribution in [0.25, 0.3) is 10.9 Å². The van der Waals surface area contributed by atoms with Crippen LogP contribution in [-0.4, -0.2) is 71.9 Å². The number of amides is 2. The zero-order valence-corrected chi connectivity index (χ0v) is 20.3. The molecule has 8 heteroatoms. The summed E-state index contributed by atoms with van der Waals surface area (Å²) in [7, 11) is 0. The van der Waals surface area contributed by atoms with Gasteiger partial charge in [0.1, 0.15) is 12.1 Å².